The zero-order valence-corrected chi connectivity index (χ0v) is 20.6. The monoisotopic (exact) mass is 487 g/mol. The number of piperidine rings is 1. The van der Waals surface area contributed by atoms with Crippen LogP contribution in [0.2, 0.25) is 0 Å². The lowest BCUT2D eigenvalue weighted by molar-refractivity contribution is -0.114. The second-order valence-electron chi connectivity index (χ2n) is 10.1. The number of ether oxygens (including phenoxy) is 3. The van der Waals surface area contributed by atoms with Crippen LogP contribution in [0.1, 0.15) is 49.3 Å². The van der Waals surface area contributed by atoms with Crippen molar-refractivity contribution in [3.8, 4) is 17.2 Å². The van der Waals surface area contributed by atoms with E-state index in [2.05, 4.69) is 23.1 Å². The summed E-state index contributed by atoms with van der Waals surface area (Å²) in [6.45, 7) is 4.94. The van der Waals surface area contributed by atoms with Gasteiger partial charge in [0.2, 0.25) is 0 Å². The van der Waals surface area contributed by atoms with Gasteiger partial charge < -0.3 is 19.3 Å². The fraction of sp³-hybridized carbons (Fsp3) is 0.433. The van der Waals surface area contributed by atoms with Crippen LogP contribution in [0.4, 0.5) is 0 Å². The van der Waals surface area contributed by atoms with E-state index < -0.39 is 0 Å². The number of benzene rings is 2. The van der Waals surface area contributed by atoms with E-state index in [-0.39, 0.29) is 24.1 Å². The average molecular weight is 488 g/mol. The lowest BCUT2D eigenvalue weighted by atomic mass is 9.91. The van der Waals surface area contributed by atoms with Crippen molar-refractivity contribution in [1.29, 1.82) is 0 Å². The molecule has 0 saturated carbocycles. The zero-order valence-electron chi connectivity index (χ0n) is 20.6. The van der Waals surface area contributed by atoms with Gasteiger partial charge in [-0.3, -0.25) is 9.69 Å². The molecule has 3 aliphatic heterocycles. The predicted molar refractivity (Wildman–Crippen MR) is 138 cm³/mol. The van der Waals surface area contributed by atoms with Crippen LogP contribution in [0, 0.1) is 0 Å². The van der Waals surface area contributed by atoms with Crippen LogP contribution in [-0.4, -0.2) is 55.2 Å². The second-order valence-corrected chi connectivity index (χ2v) is 10.1. The number of likely N-dealkylation sites (tertiary alicyclic amines) is 1. The molecule has 188 valence electrons. The number of phenols is 1. The smallest absolute Gasteiger partial charge is 0.160 e. The standard InChI is InChI=1S/C30H33NO5/c32-23-15-22-17-28(20-6-8-24(9-7-20)34-14-12-31-10-2-1-3-11-31)36-19-26(22)29-25(18-23)30-21(16-27(29)33)5-4-13-35-30/h5-9,15-16,28,33H,1-4,10-14,17-19H2/t28-/m1/s1. The minimum absolute atomic E-state index is 0.0290. The van der Waals surface area contributed by atoms with Gasteiger partial charge in [0, 0.05) is 41.8 Å². The maximum Gasteiger partial charge on any atom is 0.160 e. The van der Waals surface area contributed by atoms with E-state index in [1.165, 1.54) is 32.4 Å². The number of ketones is 1. The Labute approximate surface area is 211 Å². The van der Waals surface area contributed by atoms with E-state index in [1.54, 1.807) is 12.1 Å². The van der Waals surface area contributed by atoms with Crippen molar-refractivity contribution < 1.29 is 24.1 Å². The summed E-state index contributed by atoms with van der Waals surface area (Å²) >= 11 is 0. The van der Waals surface area contributed by atoms with Crippen molar-refractivity contribution >= 4 is 17.4 Å². The average Bonchev–Trinajstić information content (AvgIpc) is 3.05. The van der Waals surface area contributed by atoms with E-state index >= 15 is 0 Å². The third kappa shape index (κ3) is 4.67. The van der Waals surface area contributed by atoms with Crippen LogP contribution in [0.15, 0.2) is 42.0 Å². The maximum atomic E-state index is 12.9. The lowest BCUT2D eigenvalue weighted by Crippen LogP contribution is -2.33. The Hall–Kier alpha value is -3.09. The van der Waals surface area contributed by atoms with E-state index in [4.69, 9.17) is 14.2 Å². The molecule has 0 unspecified atom stereocenters. The molecular weight excluding hydrogens is 454 g/mol. The molecule has 1 N–H and O–H groups in total. The fourth-order valence-corrected chi connectivity index (χ4v) is 5.86. The number of hydrogen-bond donors (Lipinski definition) is 1. The van der Waals surface area contributed by atoms with Gasteiger partial charge in [0.1, 0.15) is 23.9 Å². The Bertz CT molecular complexity index is 1300. The Kier molecular flexibility index (Phi) is 6.55. The Balaban J connectivity index is 1.20. The van der Waals surface area contributed by atoms with Crippen LogP contribution >= 0.6 is 0 Å². The van der Waals surface area contributed by atoms with Crippen molar-refractivity contribution in [3.05, 3.63) is 63.5 Å². The largest absolute Gasteiger partial charge is 0.507 e. The molecular formula is C30H33NO5. The first-order valence-corrected chi connectivity index (χ1v) is 13.2. The summed E-state index contributed by atoms with van der Waals surface area (Å²) in [5.41, 5.74) is 3.66. The van der Waals surface area contributed by atoms with E-state index in [0.29, 0.717) is 31.5 Å². The number of hydrogen-bond acceptors (Lipinski definition) is 6. The van der Waals surface area contributed by atoms with Gasteiger partial charge in [-0.1, -0.05) is 24.6 Å². The summed E-state index contributed by atoms with van der Waals surface area (Å²) in [5, 5.41) is 12.5. The molecule has 4 aliphatic rings. The molecule has 2 saturated heterocycles. The number of nitrogens with zero attached hydrogens (tertiary/aromatic N) is 1. The SMILES string of the molecule is O=C1C=C2C[C@H](c3ccc(OCCN4CCCCC4)cc3)OCC2=c2c(O)cc3c(c2C1)OCCC=3. The summed E-state index contributed by atoms with van der Waals surface area (Å²) in [5.74, 6) is 1.81. The van der Waals surface area contributed by atoms with Crippen molar-refractivity contribution in [2.24, 2.45) is 0 Å². The van der Waals surface area contributed by atoms with Crippen molar-refractivity contribution in [3.63, 3.8) is 0 Å². The summed E-state index contributed by atoms with van der Waals surface area (Å²) in [6.07, 6.45) is 9.17. The van der Waals surface area contributed by atoms with Gasteiger partial charge in [-0.05, 0) is 66.9 Å². The fourth-order valence-electron chi connectivity index (χ4n) is 5.86. The third-order valence-electron chi connectivity index (χ3n) is 7.70. The molecule has 0 aromatic heterocycles. The van der Waals surface area contributed by atoms with Crippen LogP contribution in [0.5, 0.6) is 17.2 Å². The summed E-state index contributed by atoms with van der Waals surface area (Å²) in [6, 6.07) is 9.86. The number of carbonyl (C=O) groups excluding carboxylic acids is 1. The minimum atomic E-state index is -0.152. The highest BCUT2D eigenvalue weighted by molar-refractivity contribution is 5.97. The molecule has 1 atom stereocenters. The molecule has 6 rings (SSSR count). The van der Waals surface area contributed by atoms with E-state index in [1.807, 2.05) is 12.1 Å². The molecule has 0 spiro atoms. The van der Waals surface area contributed by atoms with Gasteiger partial charge in [-0.2, -0.15) is 0 Å². The first-order chi connectivity index (χ1) is 17.7. The first-order valence-electron chi connectivity index (χ1n) is 13.2. The normalized spacial score (nSPS) is 21.8. The summed E-state index contributed by atoms with van der Waals surface area (Å²) in [4.78, 5) is 15.4. The van der Waals surface area contributed by atoms with Crippen molar-refractivity contribution in [2.45, 2.75) is 44.6 Å². The molecule has 2 fully saturated rings. The molecule has 3 heterocycles. The maximum absolute atomic E-state index is 12.9. The molecule has 0 bridgehead atoms. The van der Waals surface area contributed by atoms with Crippen molar-refractivity contribution in [1.82, 2.24) is 4.90 Å². The first kappa shape index (κ1) is 23.3. The zero-order chi connectivity index (χ0) is 24.5. The van der Waals surface area contributed by atoms with Gasteiger partial charge in [0.15, 0.2) is 5.78 Å². The number of phenolic OH excluding ortho intramolecular Hbond substituents is 1. The highest BCUT2D eigenvalue weighted by atomic mass is 16.5. The van der Waals surface area contributed by atoms with E-state index in [9.17, 15) is 9.90 Å². The number of aromatic hydroxyl groups is 1. The Morgan fingerprint density at radius 2 is 1.94 bits per heavy atom. The molecule has 36 heavy (non-hydrogen) atoms. The molecule has 6 nitrogen and oxygen atoms in total. The minimum Gasteiger partial charge on any atom is -0.507 e. The topological polar surface area (TPSA) is 68.2 Å². The van der Waals surface area contributed by atoms with Gasteiger partial charge >= 0.3 is 0 Å². The number of carbonyl (C=O) groups is 1. The summed E-state index contributed by atoms with van der Waals surface area (Å²) < 4.78 is 18.2. The number of allylic oxidation sites excluding steroid dienone is 1. The van der Waals surface area contributed by atoms with Crippen LogP contribution in [0.3, 0.4) is 0 Å². The molecule has 2 aromatic rings. The highest BCUT2D eigenvalue weighted by Gasteiger charge is 2.29. The van der Waals surface area contributed by atoms with Gasteiger partial charge in [-0.25, -0.2) is 0 Å². The van der Waals surface area contributed by atoms with Gasteiger partial charge in [0.05, 0.1) is 19.3 Å². The predicted octanol–water partition coefficient (Wildman–Crippen LogP) is 3.18. The second kappa shape index (κ2) is 10.1. The molecule has 1 aliphatic carbocycles. The summed E-state index contributed by atoms with van der Waals surface area (Å²) in [7, 11) is 0. The van der Waals surface area contributed by atoms with Crippen LogP contribution in [-0.2, 0) is 16.0 Å². The van der Waals surface area contributed by atoms with Crippen LogP contribution < -0.4 is 19.9 Å². The Morgan fingerprint density at radius 3 is 2.78 bits per heavy atom. The van der Waals surface area contributed by atoms with Gasteiger partial charge in [-0.15, -0.1) is 0 Å². The number of fused-ring (bicyclic) bond motifs is 4. The van der Waals surface area contributed by atoms with E-state index in [0.717, 1.165) is 52.0 Å². The lowest BCUT2D eigenvalue weighted by Gasteiger charge is -2.28. The van der Waals surface area contributed by atoms with Gasteiger partial charge in [0.25, 0.3) is 0 Å². The Morgan fingerprint density at radius 1 is 1.11 bits per heavy atom. The number of rotatable bonds is 5. The highest BCUT2D eigenvalue weighted by Crippen LogP contribution is 2.37. The molecule has 2 aromatic carbocycles. The third-order valence-corrected chi connectivity index (χ3v) is 7.70. The molecule has 0 radical (unpaired) electrons. The van der Waals surface area contributed by atoms with Crippen molar-refractivity contribution in [2.75, 3.05) is 39.5 Å². The molecule has 0 amide bonds. The van der Waals surface area contributed by atoms with Crippen LogP contribution in [0.25, 0.3) is 11.6 Å². The molecule has 6 heteroatoms. The quantitative estimate of drug-likeness (QED) is 0.699.